The second kappa shape index (κ2) is 3.86. The van der Waals surface area contributed by atoms with E-state index in [-0.39, 0.29) is 10.7 Å². The molecule has 2 aromatic heterocycles. The van der Waals surface area contributed by atoms with E-state index in [9.17, 15) is 9.59 Å². The Morgan fingerprint density at radius 3 is 3.07 bits per heavy atom. The van der Waals surface area contributed by atoms with E-state index in [1.54, 1.807) is 24.6 Å². The largest absolute Gasteiger partial charge is 0.556 e. The second-order valence-corrected chi connectivity index (χ2v) is 4.60. The van der Waals surface area contributed by atoms with Gasteiger partial charge >= 0.3 is 5.30 Å². The molecule has 0 aliphatic heterocycles. The van der Waals surface area contributed by atoms with E-state index in [1.165, 1.54) is 6.07 Å². The van der Waals surface area contributed by atoms with Crippen molar-refractivity contribution in [1.29, 1.82) is 0 Å². The highest BCUT2D eigenvalue weighted by Gasteiger charge is 2.24. The van der Waals surface area contributed by atoms with E-state index in [0.29, 0.717) is 16.8 Å². The molecule has 0 bridgehead atoms. The van der Waals surface area contributed by atoms with Gasteiger partial charge < -0.3 is 9.72 Å². The molecule has 0 aliphatic carbocycles. The van der Waals surface area contributed by atoms with Crippen LogP contribution >= 0.6 is 10.5 Å². The molecular formula is C10H10NO3S+. The molecule has 0 radical (unpaired) electrons. The van der Waals surface area contributed by atoms with E-state index in [2.05, 4.69) is 4.98 Å². The maximum atomic E-state index is 11.5. The van der Waals surface area contributed by atoms with Gasteiger partial charge in [-0.2, -0.15) is 4.79 Å². The van der Waals surface area contributed by atoms with Gasteiger partial charge in [0.05, 0.1) is 6.61 Å². The Bertz CT molecular complexity index is 555. The molecule has 0 saturated heterocycles. The highest BCUT2D eigenvalue weighted by atomic mass is 32.2. The average molecular weight is 224 g/mol. The zero-order valence-corrected chi connectivity index (χ0v) is 8.97. The molecule has 0 aliphatic rings. The average Bonchev–Trinajstić information content (AvgIpc) is 2.63. The first-order chi connectivity index (χ1) is 7.24. The van der Waals surface area contributed by atoms with Crippen LogP contribution in [0.15, 0.2) is 28.5 Å². The van der Waals surface area contributed by atoms with Crippen molar-refractivity contribution < 1.29 is 9.53 Å². The number of ether oxygens (including phenoxy) is 1. The Morgan fingerprint density at radius 2 is 2.33 bits per heavy atom. The van der Waals surface area contributed by atoms with Crippen molar-refractivity contribution in [2.75, 3.05) is 6.61 Å². The van der Waals surface area contributed by atoms with Gasteiger partial charge in [0.25, 0.3) is 4.83 Å². The molecule has 1 atom stereocenters. The summed E-state index contributed by atoms with van der Waals surface area (Å²) in [7, 11) is -0.754. The van der Waals surface area contributed by atoms with Crippen molar-refractivity contribution in [3.63, 3.8) is 0 Å². The normalized spacial score (nSPS) is 11.7. The summed E-state index contributed by atoms with van der Waals surface area (Å²) in [6.45, 7) is 2.11. The predicted octanol–water partition coefficient (Wildman–Crippen LogP) is 2.28. The minimum atomic E-state index is -0.754. The fraction of sp³-hybridized carbons (Fsp3) is 0.200. The molecule has 0 spiro atoms. The molecule has 0 amide bonds. The number of pyridine rings is 1. The summed E-state index contributed by atoms with van der Waals surface area (Å²) >= 11 is 0. The molecule has 0 saturated carbocycles. The number of aromatic nitrogens is 1. The molecule has 0 aromatic carbocycles. The van der Waals surface area contributed by atoms with Crippen LogP contribution in [-0.2, 0) is 4.74 Å². The molecule has 1 N–H and O–H groups in total. The number of carbonyl (C=O) groups excluding carboxylic acids is 1. The number of hydrogen-bond acceptors (Lipinski definition) is 3. The van der Waals surface area contributed by atoms with Crippen LogP contribution in [0.5, 0.6) is 0 Å². The van der Waals surface area contributed by atoms with Crippen LogP contribution in [0.2, 0.25) is 0 Å². The molecule has 2 aromatic rings. The Hall–Kier alpha value is -1.62. The molecule has 4 nitrogen and oxygen atoms in total. The number of rotatable bonds is 2. The van der Waals surface area contributed by atoms with Crippen LogP contribution in [0, 0.1) is 0 Å². The standard InChI is InChI=1S/C10H9NO3S/c1-2-14-10(13)15-6-4-7-8(12)3-5-11-9(7)15/h3-6H,2H2,1H3/p+1. The summed E-state index contributed by atoms with van der Waals surface area (Å²) in [6, 6.07) is 3.12. The molecule has 15 heavy (non-hydrogen) atoms. The quantitative estimate of drug-likeness (QED) is 0.629. The summed E-state index contributed by atoms with van der Waals surface area (Å²) in [6.07, 6.45) is 1.55. The summed E-state index contributed by atoms with van der Waals surface area (Å²) in [5.41, 5.74) is -0.0701. The first-order valence-electron chi connectivity index (χ1n) is 4.53. The summed E-state index contributed by atoms with van der Waals surface area (Å²) < 4.78 is 4.92. The van der Waals surface area contributed by atoms with Crippen LogP contribution < -0.4 is 5.43 Å². The third-order valence-corrected chi connectivity index (χ3v) is 3.65. The van der Waals surface area contributed by atoms with Gasteiger partial charge in [-0.25, -0.2) is 0 Å². The summed E-state index contributed by atoms with van der Waals surface area (Å²) in [5.74, 6) is 0. The first-order valence-corrected chi connectivity index (χ1v) is 5.82. The monoisotopic (exact) mass is 224 g/mol. The van der Waals surface area contributed by atoms with Gasteiger partial charge in [0, 0.05) is 18.3 Å². The number of aromatic amines is 1. The Labute approximate surface area is 88.5 Å². The van der Waals surface area contributed by atoms with Crippen LogP contribution in [0.4, 0.5) is 4.79 Å². The molecule has 0 fully saturated rings. The number of H-pyrrole nitrogens is 1. The number of nitrogens with one attached hydrogen (secondary N) is 1. The Balaban J connectivity index is 2.59. The lowest BCUT2D eigenvalue weighted by atomic mass is 10.3. The lowest BCUT2D eigenvalue weighted by Crippen LogP contribution is -1.99. The third kappa shape index (κ3) is 1.66. The Kier molecular flexibility index (Phi) is 2.55. The zero-order valence-electron chi connectivity index (χ0n) is 8.15. The zero-order chi connectivity index (χ0) is 10.8. The van der Waals surface area contributed by atoms with Gasteiger partial charge in [-0.3, -0.25) is 4.79 Å². The minimum Gasteiger partial charge on any atom is -0.422 e. The van der Waals surface area contributed by atoms with E-state index in [4.69, 9.17) is 4.74 Å². The predicted molar refractivity (Wildman–Crippen MR) is 59.5 cm³/mol. The SMILES string of the molecule is CCOC(=O)[s+]1ccc2c(=O)cc[nH]c21. The van der Waals surface area contributed by atoms with Crippen LogP contribution in [0.3, 0.4) is 0 Å². The maximum Gasteiger partial charge on any atom is 0.556 e. The topological polar surface area (TPSA) is 59.2 Å². The van der Waals surface area contributed by atoms with E-state index in [1.807, 2.05) is 0 Å². The van der Waals surface area contributed by atoms with Crippen LogP contribution in [0.25, 0.3) is 10.2 Å². The van der Waals surface area contributed by atoms with E-state index in [0.717, 1.165) is 0 Å². The molecule has 2 rings (SSSR count). The second-order valence-electron chi connectivity index (χ2n) is 2.91. The fourth-order valence-corrected chi connectivity index (χ4v) is 2.87. The van der Waals surface area contributed by atoms with Gasteiger partial charge in [-0.05, 0) is 6.92 Å². The van der Waals surface area contributed by atoms with E-state index < -0.39 is 10.5 Å². The fourth-order valence-electron chi connectivity index (χ4n) is 1.34. The number of hydrogen-bond donors (Lipinski definition) is 1. The lowest BCUT2D eigenvalue weighted by Gasteiger charge is -1.91. The Morgan fingerprint density at radius 1 is 1.53 bits per heavy atom. The van der Waals surface area contributed by atoms with Crippen LogP contribution in [-0.4, -0.2) is 16.9 Å². The summed E-state index contributed by atoms with van der Waals surface area (Å²) in [4.78, 5) is 26.5. The van der Waals surface area contributed by atoms with Gasteiger partial charge in [0.2, 0.25) is 0 Å². The van der Waals surface area contributed by atoms with Gasteiger partial charge in [0.1, 0.15) is 15.9 Å². The molecule has 2 heterocycles. The van der Waals surface area contributed by atoms with Crippen molar-refractivity contribution >= 4 is 26.0 Å². The van der Waals surface area contributed by atoms with Gasteiger partial charge in [-0.1, -0.05) is 0 Å². The maximum absolute atomic E-state index is 11.5. The molecule has 78 valence electrons. The van der Waals surface area contributed by atoms with Crippen molar-refractivity contribution in [2.24, 2.45) is 0 Å². The van der Waals surface area contributed by atoms with Crippen molar-refractivity contribution in [3.8, 4) is 0 Å². The van der Waals surface area contributed by atoms with Crippen molar-refractivity contribution in [2.45, 2.75) is 6.92 Å². The number of carbonyl (C=O) groups is 1. The summed E-state index contributed by atoms with van der Waals surface area (Å²) in [5, 5.41) is 1.98. The van der Waals surface area contributed by atoms with Crippen LogP contribution in [0.1, 0.15) is 6.92 Å². The van der Waals surface area contributed by atoms with Gasteiger partial charge in [0.15, 0.2) is 10.8 Å². The van der Waals surface area contributed by atoms with Gasteiger partial charge in [-0.15, -0.1) is 0 Å². The molecule has 1 unspecified atom stereocenters. The van der Waals surface area contributed by atoms with E-state index >= 15 is 0 Å². The molecule has 5 heteroatoms. The first kappa shape index (κ1) is 9.92. The number of fused-ring (bicyclic) bond motifs is 1. The van der Waals surface area contributed by atoms with Crippen molar-refractivity contribution in [1.82, 2.24) is 4.98 Å². The highest BCUT2D eigenvalue weighted by Crippen LogP contribution is 2.29. The van der Waals surface area contributed by atoms with Crippen molar-refractivity contribution in [3.05, 3.63) is 33.9 Å². The lowest BCUT2D eigenvalue weighted by molar-refractivity contribution is 0.180. The highest BCUT2D eigenvalue weighted by molar-refractivity contribution is 7.54. The smallest absolute Gasteiger partial charge is 0.422 e. The minimum absolute atomic E-state index is 0.0701. The third-order valence-electron chi connectivity index (χ3n) is 1.99. The number of thiophene rings is 1. The molecular weight excluding hydrogens is 214 g/mol.